The van der Waals surface area contributed by atoms with Gasteiger partial charge in [0.2, 0.25) is 0 Å². The molecule has 0 amide bonds. The molecule has 8 heteroatoms. The van der Waals surface area contributed by atoms with E-state index in [0.717, 1.165) is 16.2 Å². The van der Waals surface area contributed by atoms with Crippen molar-refractivity contribution in [3.05, 3.63) is 70.8 Å². The van der Waals surface area contributed by atoms with E-state index in [4.69, 9.17) is 11.8 Å². The molecule has 0 unspecified atom stereocenters. The van der Waals surface area contributed by atoms with E-state index < -0.39 is 11.9 Å². The van der Waals surface area contributed by atoms with Crippen LogP contribution in [0, 0.1) is 0 Å². The molecule has 0 saturated heterocycles. The molecule has 8 nitrogen and oxygen atoms in total. The molecule has 0 heterocycles. The average Bonchev–Trinajstić information content (AvgIpc) is 2.61. The van der Waals surface area contributed by atoms with E-state index in [1.807, 2.05) is 0 Å². The van der Waals surface area contributed by atoms with Crippen LogP contribution in [0.4, 0.5) is 0 Å². The van der Waals surface area contributed by atoms with Gasteiger partial charge in [0.1, 0.15) is 0 Å². The molecule has 0 aliphatic heterocycles. The van der Waals surface area contributed by atoms with Crippen molar-refractivity contribution in [1.82, 2.24) is 5.06 Å². The third kappa shape index (κ3) is 4.61. The summed E-state index contributed by atoms with van der Waals surface area (Å²) in [6, 6.07) is 13.0. The fraction of sp³-hybridized carbons (Fsp3) is 0.125. The molecule has 0 radical (unpaired) electrons. The lowest BCUT2D eigenvalue weighted by molar-refractivity contribution is -0.108. The summed E-state index contributed by atoms with van der Waals surface area (Å²) >= 11 is 0. The minimum absolute atomic E-state index is 0.255. The highest BCUT2D eigenvalue weighted by Gasteiger charge is 2.09. The van der Waals surface area contributed by atoms with Crippen LogP contribution >= 0.6 is 0 Å². The quantitative estimate of drug-likeness (QED) is 0.672. The van der Waals surface area contributed by atoms with Gasteiger partial charge in [0, 0.05) is 13.1 Å². The smallest absolute Gasteiger partial charge is 0.356 e. The van der Waals surface area contributed by atoms with E-state index in [1.54, 1.807) is 48.5 Å². The molecule has 0 aliphatic carbocycles. The fourth-order valence-electron chi connectivity index (χ4n) is 2.11. The van der Waals surface area contributed by atoms with Crippen LogP contribution < -0.4 is 11.8 Å². The van der Waals surface area contributed by atoms with Gasteiger partial charge in [-0.15, -0.1) is 0 Å². The van der Waals surface area contributed by atoms with Crippen LogP contribution in [0.15, 0.2) is 48.5 Å². The van der Waals surface area contributed by atoms with Crippen molar-refractivity contribution in [3.63, 3.8) is 0 Å². The maximum atomic E-state index is 11.2. The van der Waals surface area contributed by atoms with E-state index >= 15 is 0 Å². The average molecular weight is 331 g/mol. The first-order chi connectivity index (χ1) is 11.5. The van der Waals surface area contributed by atoms with Gasteiger partial charge in [0.15, 0.2) is 0 Å². The van der Waals surface area contributed by atoms with E-state index in [1.165, 1.54) is 0 Å². The Hall–Kier alpha value is -2.78. The number of carbonyl (C=O) groups is 2. The zero-order valence-electron chi connectivity index (χ0n) is 12.7. The highest BCUT2D eigenvalue weighted by Crippen LogP contribution is 2.11. The Balaban J connectivity index is 1.94. The van der Waals surface area contributed by atoms with Crippen molar-refractivity contribution in [2.75, 3.05) is 0 Å². The summed E-state index contributed by atoms with van der Waals surface area (Å²) in [7, 11) is 0. The van der Waals surface area contributed by atoms with Crippen molar-refractivity contribution in [3.8, 4) is 0 Å². The normalized spacial score (nSPS) is 10.5. The third-order valence-electron chi connectivity index (χ3n) is 3.32. The number of hydrogen-bond donors (Lipinski definition) is 3. The predicted octanol–water partition coefficient (Wildman–Crippen LogP) is 1.14. The van der Waals surface area contributed by atoms with Crippen molar-refractivity contribution in [2.24, 2.45) is 11.8 Å². The Bertz CT molecular complexity index is 639. The Labute approximate surface area is 138 Å². The molecule has 0 fully saturated rings. The van der Waals surface area contributed by atoms with E-state index in [-0.39, 0.29) is 13.1 Å². The second-order valence-corrected chi connectivity index (χ2v) is 5.03. The largest absolute Gasteiger partial charge is 0.370 e. The van der Waals surface area contributed by atoms with Crippen LogP contribution in [0.25, 0.3) is 0 Å². The fourth-order valence-corrected chi connectivity index (χ4v) is 2.11. The second-order valence-electron chi connectivity index (χ2n) is 5.03. The lowest BCUT2D eigenvalue weighted by Gasteiger charge is -2.15. The van der Waals surface area contributed by atoms with Gasteiger partial charge in [-0.25, -0.2) is 9.59 Å². The number of nitrogens with two attached hydrogens (primary N) is 2. The van der Waals surface area contributed by atoms with Crippen LogP contribution in [-0.2, 0) is 22.8 Å². The van der Waals surface area contributed by atoms with Crippen LogP contribution in [0.3, 0.4) is 0 Å². The Kier molecular flexibility index (Phi) is 5.99. The van der Waals surface area contributed by atoms with Gasteiger partial charge in [-0.3, -0.25) is 0 Å². The molecule has 0 saturated carbocycles. The summed E-state index contributed by atoms with van der Waals surface area (Å²) in [6.07, 6.45) is 0. The summed E-state index contributed by atoms with van der Waals surface area (Å²) in [5.74, 6) is 8.37. The van der Waals surface area contributed by atoms with Gasteiger partial charge in [0.05, 0.1) is 11.1 Å². The molecule has 126 valence electrons. The molecule has 0 aromatic heterocycles. The summed E-state index contributed by atoms with van der Waals surface area (Å²) in [4.78, 5) is 30.7. The van der Waals surface area contributed by atoms with E-state index in [9.17, 15) is 14.8 Å². The first kappa shape index (κ1) is 17.6. The van der Waals surface area contributed by atoms with Crippen LogP contribution in [0.2, 0.25) is 0 Å². The minimum atomic E-state index is -0.626. The summed E-state index contributed by atoms with van der Waals surface area (Å²) < 4.78 is 0. The zero-order valence-corrected chi connectivity index (χ0v) is 12.7. The third-order valence-corrected chi connectivity index (χ3v) is 3.32. The molecule has 5 N–H and O–H groups in total. The minimum Gasteiger partial charge on any atom is -0.370 e. The number of carbonyl (C=O) groups excluding carboxylic acids is 2. The predicted molar refractivity (Wildman–Crippen MR) is 83.1 cm³/mol. The second kappa shape index (κ2) is 8.18. The molecular formula is C16H17N3O5. The molecule has 2 aromatic carbocycles. The standard InChI is InChI=1S/C16H17N3O5/c17-23-15(20)13-5-1-11(2-6-13)9-19(22)10-12-3-7-14(8-4-12)16(21)24-18/h1-8,22H,9-10,17-18H2. The van der Waals surface area contributed by atoms with Gasteiger partial charge >= 0.3 is 11.9 Å². The lowest BCUT2D eigenvalue weighted by Crippen LogP contribution is -2.18. The van der Waals surface area contributed by atoms with Gasteiger partial charge in [-0.2, -0.15) is 16.9 Å². The summed E-state index contributed by atoms with van der Waals surface area (Å²) in [5.41, 5.74) is 2.25. The summed E-state index contributed by atoms with van der Waals surface area (Å²) in [6.45, 7) is 0.509. The Morgan fingerprint density at radius 2 is 1.12 bits per heavy atom. The van der Waals surface area contributed by atoms with Crippen molar-refractivity contribution < 1.29 is 24.5 Å². The van der Waals surface area contributed by atoms with Gasteiger partial charge in [0.25, 0.3) is 0 Å². The van der Waals surface area contributed by atoms with Crippen molar-refractivity contribution in [2.45, 2.75) is 13.1 Å². The number of nitrogens with zero attached hydrogens (tertiary/aromatic N) is 1. The SMILES string of the molecule is NOC(=O)c1ccc(CN(O)Cc2ccc(C(=O)ON)cc2)cc1. The van der Waals surface area contributed by atoms with Crippen LogP contribution in [0.1, 0.15) is 31.8 Å². The Morgan fingerprint density at radius 1 is 0.792 bits per heavy atom. The maximum Gasteiger partial charge on any atom is 0.356 e. The number of rotatable bonds is 6. The zero-order chi connectivity index (χ0) is 17.5. The van der Waals surface area contributed by atoms with Crippen molar-refractivity contribution in [1.29, 1.82) is 0 Å². The first-order valence-electron chi connectivity index (χ1n) is 6.97. The maximum absolute atomic E-state index is 11.2. The van der Waals surface area contributed by atoms with Gasteiger partial charge in [-0.1, -0.05) is 24.3 Å². The highest BCUT2D eigenvalue weighted by molar-refractivity contribution is 5.89. The highest BCUT2D eigenvalue weighted by atomic mass is 16.7. The first-order valence-corrected chi connectivity index (χ1v) is 6.97. The van der Waals surface area contributed by atoms with Crippen LogP contribution in [-0.4, -0.2) is 22.2 Å². The topological polar surface area (TPSA) is 128 Å². The van der Waals surface area contributed by atoms with Crippen LogP contribution in [0.5, 0.6) is 0 Å². The lowest BCUT2D eigenvalue weighted by atomic mass is 10.1. The molecule has 2 aromatic rings. The van der Waals surface area contributed by atoms with Crippen molar-refractivity contribution >= 4 is 11.9 Å². The van der Waals surface area contributed by atoms with E-state index in [0.29, 0.717) is 11.1 Å². The molecule has 0 aliphatic rings. The Morgan fingerprint density at radius 3 is 1.42 bits per heavy atom. The number of hydroxylamine groups is 2. The molecular weight excluding hydrogens is 314 g/mol. The molecule has 0 atom stereocenters. The monoisotopic (exact) mass is 331 g/mol. The molecule has 24 heavy (non-hydrogen) atoms. The number of hydrogen-bond acceptors (Lipinski definition) is 8. The van der Waals surface area contributed by atoms with E-state index in [2.05, 4.69) is 9.68 Å². The van der Waals surface area contributed by atoms with Gasteiger partial charge < -0.3 is 14.9 Å². The molecule has 0 spiro atoms. The molecule has 0 bridgehead atoms. The number of benzene rings is 2. The van der Waals surface area contributed by atoms with Gasteiger partial charge in [-0.05, 0) is 35.4 Å². The summed E-state index contributed by atoms with van der Waals surface area (Å²) in [5, 5.41) is 11.1. The molecule has 2 rings (SSSR count).